The van der Waals surface area contributed by atoms with Gasteiger partial charge in [-0.2, -0.15) is 0 Å². The van der Waals surface area contributed by atoms with E-state index < -0.39 is 9.84 Å². The van der Waals surface area contributed by atoms with Gasteiger partial charge >= 0.3 is 0 Å². The molecule has 1 aromatic carbocycles. The van der Waals surface area contributed by atoms with Crippen molar-refractivity contribution in [1.82, 2.24) is 0 Å². The van der Waals surface area contributed by atoms with Crippen LogP contribution in [0, 0.1) is 0 Å². The average molecular weight is 270 g/mol. The Morgan fingerprint density at radius 3 is 2.67 bits per heavy atom. The van der Waals surface area contributed by atoms with Crippen LogP contribution in [0.3, 0.4) is 0 Å². The van der Waals surface area contributed by atoms with E-state index >= 15 is 0 Å². The minimum Gasteiger partial charge on any atom is -0.493 e. The van der Waals surface area contributed by atoms with Crippen molar-refractivity contribution in [2.24, 2.45) is 0 Å². The van der Waals surface area contributed by atoms with E-state index in [0.29, 0.717) is 18.8 Å². The Hall–Kier alpha value is -1.07. The van der Waals surface area contributed by atoms with Gasteiger partial charge in [-0.05, 0) is 25.5 Å². The Morgan fingerprint density at radius 1 is 1.33 bits per heavy atom. The third-order valence-electron chi connectivity index (χ3n) is 3.15. The molecule has 4 nitrogen and oxygen atoms in total. The zero-order valence-corrected chi connectivity index (χ0v) is 11.2. The van der Waals surface area contributed by atoms with E-state index in [9.17, 15) is 8.42 Å². The van der Waals surface area contributed by atoms with E-state index in [2.05, 4.69) is 0 Å². The average Bonchev–Trinajstić information content (AvgIpc) is 2.77. The first-order valence-electron chi connectivity index (χ1n) is 6.10. The highest BCUT2D eigenvalue weighted by molar-refractivity contribution is 7.92. The fourth-order valence-electron chi connectivity index (χ4n) is 2.13. The molecule has 1 heterocycles. The van der Waals surface area contributed by atoms with Crippen LogP contribution in [0.4, 0.5) is 0 Å². The van der Waals surface area contributed by atoms with E-state index in [1.54, 1.807) is 0 Å². The summed E-state index contributed by atoms with van der Waals surface area (Å²) in [5, 5.41) is -0.378. The molecule has 18 heavy (non-hydrogen) atoms. The molecular formula is C13H18O4S. The van der Waals surface area contributed by atoms with Gasteiger partial charge in [0.15, 0.2) is 9.84 Å². The maximum absolute atomic E-state index is 12.1. The number of para-hydroxylation sites is 1. The lowest BCUT2D eigenvalue weighted by Crippen LogP contribution is -2.32. The zero-order chi connectivity index (χ0) is 13.0. The molecular weight excluding hydrogens is 252 g/mol. The van der Waals surface area contributed by atoms with Gasteiger partial charge in [0.05, 0.1) is 17.1 Å². The smallest absolute Gasteiger partial charge is 0.159 e. The molecule has 1 saturated heterocycles. The van der Waals surface area contributed by atoms with Crippen LogP contribution >= 0.6 is 0 Å². The van der Waals surface area contributed by atoms with Crippen LogP contribution in [0.1, 0.15) is 13.3 Å². The van der Waals surface area contributed by atoms with Gasteiger partial charge in [0.1, 0.15) is 12.4 Å². The fourth-order valence-corrected chi connectivity index (χ4v) is 3.86. The summed E-state index contributed by atoms with van der Waals surface area (Å²) in [7, 11) is -3.13. The van der Waals surface area contributed by atoms with Gasteiger partial charge in [-0.1, -0.05) is 18.2 Å². The molecule has 1 aliphatic heterocycles. The predicted molar refractivity (Wildman–Crippen MR) is 69.5 cm³/mol. The number of ether oxygens (including phenoxy) is 2. The van der Waals surface area contributed by atoms with Crippen molar-refractivity contribution < 1.29 is 17.9 Å². The molecule has 1 aromatic rings. The largest absolute Gasteiger partial charge is 0.493 e. The first kappa shape index (κ1) is 13.4. The SMILES string of the molecule is C[C@H]1OCC[C@@H]1S(=O)(=O)CCOc1ccccc1. The normalized spacial score (nSPS) is 24.1. The van der Waals surface area contributed by atoms with Crippen LogP contribution in [0.5, 0.6) is 5.75 Å². The molecule has 0 radical (unpaired) electrons. The van der Waals surface area contributed by atoms with Crippen LogP contribution in [0.2, 0.25) is 0 Å². The highest BCUT2D eigenvalue weighted by Gasteiger charge is 2.35. The Balaban J connectivity index is 1.86. The standard InChI is InChI=1S/C13H18O4S/c1-11-13(7-8-16-11)18(14,15)10-9-17-12-5-3-2-4-6-12/h2-6,11,13H,7-10H2,1H3/t11-,13+/m1/s1. The minimum absolute atomic E-state index is 0.0419. The Kier molecular flexibility index (Phi) is 4.24. The van der Waals surface area contributed by atoms with E-state index in [4.69, 9.17) is 9.47 Å². The molecule has 0 unspecified atom stereocenters. The molecule has 5 heteroatoms. The van der Waals surface area contributed by atoms with Crippen molar-refractivity contribution in [2.45, 2.75) is 24.7 Å². The summed E-state index contributed by atoms with van der Waals surface area (Å²) in [6, 6.07) is 9.23. The summed E-state index contributed by atoms with van der Waals surface area (Å²) in [5.41, 5.74) is 0. The van der Waals surface area contributed by atoms with Crippen molar-refractivity contribution in [1.29, 1.82) is 0 Å². The summed E-state index contributed by atoms with van der Waals surface area (Å²) in [4.78, 5) is 0. The minimum atomic E-state index is -3.13. The third-order valence-corrected chi connectivity index (χ3v) is 5.42. The van der Waals surface area contributed by atoms with Gasteiger partial charge < -0.3 is 9.47 Å². The van der Waals surface area contributed by atoms with Crippen LogP contribution in [-0.2, 0) is 14.6 Å². The Morgan fingerprint density at radius 2 is 2.06 bits per heavy atom. The fraction of sp³-hybridized carbons (Fsp3) is 0.538. The number of rotatable bonds is 5. The quantitative estimate of drug-likeness (QED) is 0.816. The van der Waals surface area contributed by atoms with E-state index in [0.717, 1.165) is 0 Å². The van der Waals surface area contributed by atoms with Gasteiger partial charge in [-0.25, -0.2) is 8.42 Å². The first-order chi connectivity index (χ1) is 8.59. The second-order valence-corrected chi connectivity index (χ2v) is 6.77. The van der Waals surface area contributed by atoms with Crippen LogP contribution in [0.25, 0.3) is 0 Å². The highest BCUT2D eigenvalue weighted by atomic mass is 32.2. The Labute approximate surface area is 108 Å². The molecule has 1 aliphatic rings. The number of sulfone groups is 1. The monoisotopic (exact) mass is 270 g/mol. The van der Waals surface area contributed by atoms with Gasteiger partial charge in [0.2, 0.25) is 0 Å². The predicted octanol–water partition coefficient (Wildman–Crippen LogP) is 1.66. The molecule has 0 aromatic heterocycles. The van der Waals surface area contributed by atoms with Gasteiger partial charge in [0, 0.05) is 6.61 Å². The first-order valence-corrected chi connectivity index (χ1v) is 7.82. The van der Waals surface area contributed by atoms with Crippen molar-refractivity contribution >= 4 is 9.84 Å². The lowest BCUT2D eigenvalue weighted by molar-refractivity contribution is 0.126. The van der Waals surface area contributed by atoms with E-state index in [1.165, 1.54) is 0 Å². The summed E-state index contributed by atoms with van der Waals surface area (Å²) >= 11 is 0. The second kappa shape index (κ2) is 5.71. The summed E-state index contributed by atoms with van der Waals surface area (Å²) in [5.74, 6) is 0.740. The van der Waals surface area contributed by atoms with Crippen LogP contribution in [-0.4, -0.2) is 38.7 Å². The topological polar surface area (TPSA) is 52.6 Å². The Bertz CT molecular complexity index is 469. The lowest BCUT2D eigenvalue weighted by Gasteiger charge is -2.15. The summed E-state index contributed by atoms with van der Waals surface area (Å²) in [6.07, 6.45) is 0.390. The number of hydrogen-bond donors (Lipinski definition) is 0. The van der Waals surface area contributed by atoms with Crippen LogP contribution in [0.15, 0.2) is 30.3 Å². The molecule has 100 valence electrons. The summed E-state index contributed by atoms with van der Waals surface area (Å²) in [6.45, 7) is 2.54. The zero-order valence-electron chi connectivity index (χ0n) is 10.4. The number of benzene rings is 1. The lowest BCUT2D eigenvalue weighted by atomic mass is 10.3. The third kappa shape index (κ3) is 3.23. The van der Waals surface area contributed by atoms with Crippen molar-refractivity contribution in [2.75, 3.05) is 19.0 Å². The summed E-state index contributed by atoms with van der Waals surface area (Å²) < 4.78 is 34.9. The molecule has 0 amide bonds. The molecule has 0 bridgehead atoms. The molecule has 0 aliphatic carbocycles. The molecule has 0 saturated carbocycles. The van der Waals surface area contributed by atoms with E-state index in [1.807, 2.05) is 37.3 Å². The van der Waals surface area contributed by atoms with Crippen molar-refractivity contribution in [3.8, 4) is 5.75 Å². The van der Waals surface area contributed by atoms with Crippen molar-refractivity contribution in [3.05, 3.63) is 30.3 Å². The van der Waals surface area contributed by atoms with Gasteiger partial charge in [-0.3, -0.25) is 0 Å². The van der Waals surface area contributed by atoms with Gasteiger partial charge in [0.25, 0.3) is 0 Å². The molecule has 2 rings (SSSR count). The second-order valence-electron chi connectivity index (χ2n) is 4.43. The maximum atomic E-state index is 12.1. The van der Waals surface area contributed by atoms with Gasteiger partial charge in [-0.15, -0.1) is 0 Å². The van der Waals surface area contributed by atoms with E-state index in [-0.39, 0.29) is 23.7 Å². The maximum Gasteiger partial charge on any atom is 0.159 e. The van der Waals surface area contributed by atoms with Crippen LogP contribution < -0.4 is 4.74 Å². The molecule has 2 atom stereocenters. The molecule has 0 spiro atoms. The molecule has 0 N–H and O–H groups in total. The number of hydrogen-bond acceptors (Lipinski definition) is 4. The highest BCUT2D eigenvalue weighted by Crippen LogP contribution is 2.21. The molecule has 1 fully saturated rings. The van der Waals surface area contributed by atoms with Crippen molar-refractivity contribution in [3.63, 3.8) is 0 Å².